The van der Waals surface area contributed by atoms with E-state index in [9.17, 15) is 4.79 Å². The smallest absolute Gasteiger partial charge is 0.224 e. The highest BCUT2D eigenvalue weighted by Gasteiger charge is 2.21. The number of anilines is 1. The molecule has 5 rings (SSSR count). The minimum atomic E-state index is 0.150. The summed E-state index contributed by atoms with van der Waals surface area (Å²) in [6, 6.07) is 26.4. The molecule has 6 nitrogen and oxygen atoms in total. The Balaban J connectivity index is 1.53. The molecule has 35 heavy (non-hydrogen) atoms. The second-order valence-electron chi connectivity index (χ2n) is 8.55. The Kier molecular flexibility index (Phi) is 7.35. The topological polar surface area (TPSA) is 58.6 Å². The Bertz CT molecular complexity index is 1310. The van der Waals surface area contributed by atoms with Crippen LogP contribution in [-0.4, -0.2) is 53.6 Å². The van der Waals surface area contributed by atoms with Gasteiger partial charge >= 0.3 is 0 Å². The highest BCUT2D eigenvalue weighted by Crippen LogP contribution is 2.30. The number of benzene rings is 3. The maximum Gasteiger partial charge on any atom is 0.224 e. The largest absolute Gasteiger partial charge is 0.378 e. The lowest BCUT2D eigenvalue weighted by molar-refractivity contribution is -0.135. The number of amides is 1. The molecule has 0 spiro atoms. The highest BCUT2D eigenvalue weighted by atomic mass is 79.9. The monoisotopic (exact) mass is 530 g/mol. The molecule has 1 saturated heterocycles. The van der Waals surface area contributed by atoms with Gasteiger partial charge in [-0.3, -0.25) is 4.79 Å². The van der Waals surface area contributed by atoms with E-state index < -0.39 is 0 Å². The molecule has 1 fully saturated rings. The van der Waals surface area contributed by atoms with Crippen molar-refractivity contribution in [1.29, 1.82) is 0 Å². The van der Waals surface area contributed by atoms with E-state index in [4.69, 9.17) is 14.7 Å². The van der Waals surface area contributed by atoms with E-state index in [2.05, 4.69) is 39.0 Å². The summed E-state index contributed by atoms with van der Waals surface area (Å²) >= 11 is 3.56. The van der Waals surface area contributed by atoms with E-state index in [0.29, 0.717) is 51.6 Å². The number of hydrogen-bond donors (Lipinski definition) is 0. The Morgan fingerprint density at radius 2 is 1.71 bits per heavy atom. The summed E-state index contributed by atoms with van der Waals surface area (Å²) in [4.78, 5) is 27.0. The molecule has 0 aliphatic carbocycles. The van der Waals surface area contributed by atoms with Crippen molar-refractivity contribution in [3.63, 3.8) is 0 Å². The van der Waals surface area contributed by atoms with Crippen molar-refractivity contribution in [3.05, 3.63) is 88.9 Å². The fraction of sp³-hybridized carbons (Fsp3) is 0.250. The van der Waals surface area contributed by atoms with E-state index >= 15 is 0 Å². The van der Waals surface area contributed by atoms with Crippen molar-refractivity contribution in [2.75, 3.05) is 37.7 Å². The Hall–Kier alpha value is -3.29. The minimum absolute atomic E-state index is 0.150. The van der Waals surface area contributed by atoms with Gasteiger partial charge in [0.05, 0.1) is 18.7 Å². The number of morpholine rings is 1. The molecule has 0 saturated carbocycles. The van der Waals surface area contributed by atoms with Crippen LogP contribution in [0.4, 0.5) is 5.82 Å². The lowest BCUT2D eigenvalue weighted by Crippen LogP contribution is -2.42. The molecule has 1 aliphatic rings. The van der Waals surface area contributed by atoms with Gasteiger partial charge in [0.1, 0.15) is 5.82 Å². The zero-order chi connectivity index (χ0) is 24.0. The standard InChI is InChI=1S/C28H27BrN4O2/c29-23-10-6-9-22(19-23)27-30-25-12-5-4-11-24(25)28(31-27)33(20-21-7-2-1-3-8-21)14-13-26(34)32-15-17-35-18-16-32/h1-12,19H,13-18,20H2. The van der Waals surface area contributed by atoms with Gasteiger partial charge in [0.2, 0.25) is 5.91 Å². The quantitative estimate of drug-likeness (QED) is 0.324. The van der Waals surface area contributed by atoms with E-state index in [1.807, 2.05) is 65.6 Å². The average molecular weight is 531 g/mol. The number of aromatic nitrogens is 2. The number of ether oxygens (including phenoxy) is 1. The van der Waals surface area contributed by atoms with Gasteiger partial charge in [-0.15, -0.1) is 0 Å². The van der Waals surface area contributed by atoms with Crippen molar-refractivity contribution >= 4 is 38.6 Å². The van der Waals surface area contributed by atoms with Gasteiger partial charge in [-0.05, 0) is 29.8 Å². The molecule has 0 N–H and O–H groups in total. The molecule has 2 heterocycles. The number of rotatable bonds is 7. The first kappa shape index (κ1) is 23.5. The molecule has 1 aromatic heterocycles. The molecular weight excluding hydrogens is 504 g/mol. The van der Waals surface area contributed by atoms with Gasteiger partial charge in [0.25, 0.3) is 0 Å². The SMILES string of the molecule is O=C(CCN(Cc1ccccc1)c1nc(-c2cccc(Br)c2)nc2ccccc12)N1CCOCC1. The number of fused-ring (bicyclic) bond motifs is 1. The summed E-state index contributed by atoms with van der Waals surface area (Å²) in [5.41, 5.74) is 2.98. The Morgan fingerprint density at radius 1 is 0.943 bits per heavy atom. The van der Waals surface area contributed by atoms with Gasteiger partial charge in [-0.1, -0.05) is 70.5 Å². The molecular formula is C28H27BrN4O2. The zero-order valence-corrected chi connectivity index (χ0v) is 21.0. The lowest BCUT2D eigenvalue weighted by Gasteiger charge is -2.29. The maximum absolute atomic E-state index is 13.0. The van der Waals surface area contributed by atoms with Gasteiger partial charge in [-0.2, -0.15) is 0 Å². The second kappa shape index (κ2) is 11.0. The first-order valence-electron chi connectivity index (χ1n) is 11.8. The number of halogens is 1. The van der Waals surface area contributed by atoms with Crippen LogP contribution in [0.3, 0.4) is 0 Å². The van der Waals surface area contributed by atoms with Crippen LogP contribution in [0.5, 0.6) is 0 Å². The summed E-state index contributed by atoms with van der Waals surface area (Å²) in [7, 11) is 0. The van der Waals surface area contributed by atoms with E-state index in [0.717, 1.165) is 32.3 Å². The van der Waals surface area contributed by atoms with Crippen LogP contribution in [0.2, 0.25) is 0 Å². The zero-order valence-electron chi connectivity index (χ0n) is 19.4. The summed E-state index contributed by atoms with van der Waals surface area (Å²) in [6.45, 7) is 3.72. The van der Waals surface area contributed by atoms with Crippen molar-refractivity contribution < 1.29 is 9.53 Å². The third-order valence-electron chi connectivity index (χ3n) is 6.14. The third kappa shape index (κ3) is 5.69. The summed E-state index contributed by atoms with van der Waals surface area (Å²) in [5, 5.41) is 0.973. The fourth-order valence-electron chi connectivity index (χ4n) is 4.32. The van der Waals surface area contributed by atoms with Gasteiger partial charge in [0.15, 0.2) is 5.82 Å². The molecule has 0 radical (unpaired) electrons. The van der Waals surface area contributed by atoms with Crippen molar-refractivity contribution in [3.8, 4) is 11.4 Å². The molecule has 0 bridgehead atoms. The molecule has 178 valence electrons. The summed E-state index contributed by atoms with van der Waals surface area (Å²) < 4.78 is 6.39. The molecule has 0 atom stereocenters. The second-order valence-corrected chi connectivity index (χ2v) is 9.46. The van der Waals surface area contributed by atoms with Gasteiger partial charge < -0.3 is 14.5 Å². The Morgan fingerprint density at radius 3 is 2.51 bits per heavy atom. The highest BCUT2D eigenvalue weighted by molar-refractivity contribution is 9.10. The van der Waals surface area contributed by atoms with Crippen molar-refractivity contribution in [1.82, 2.24) is 14.9 Å². The summed E-state index contributed by atoms with van der Waals surface area (Å²) in [6.07, 6.45) is 0.414. The number of carbonyl (C=O) groups is 1. The van der Waals surface area contributed by atoms with Crippen LogP contribution in [0, 0.1) is 0 Å². The Labute approximate surface area is 213 Å². The van der Waals surface area contributed by atoms with Crippen LogP contribution in [0.25, 0.3) is 22.3 Å². The third-order valence-corrected chi connectivity index (χ3v) is 6.63. The number of carbonyl (C=O) groups excluding carboxylic acids is 1. The number of nitrogens with zero attached hydrogens (tertiary/aromatic N) is 4. The first-order valence-corrected chi connectivity index (χ1v) is 12.6. The van der Waals surface area contributed by atoms with Crippen LogP contribution in [-0.2, 0) is 16.1 Å². The predicted molar refractivity (Wildman–Crippen MR) is 142 cm³/mol. The first-order chi connectivity index (χ1) is 17.2. The maximum atomic E-state index is 13.0. The van der Waals surface area contributed by atoms with Crippen LogP contribution in [0.15, 0.2) is 83.3 Å². The lowest BCUT2D eigenvalue weighted by atomic mass is 10.1. The van der Waals surface area contributed by atoms with E-state index in [1.54, 1.807) is 0 Å². The molecule has 1 aliphatic heterocycles. The van der Waals surface area contributed by atoms with E-state index in [-0.39, 0.29) is 5.91 Å². The van der Waals surface area contributed by atoms with Gasteiger partial charge in [0, 0.05) is 48.0 Å². The average Bonchev–Trinajstić information content (AvgIpc) is 2.91. The van der Waals surface area contributed by atoms with Crippen molar-refractivity contribution in [2.45, 2.75) is 13.0 Å². The van der Waals surface area contributed by atoms with Crippen LogP contribution < -0.4 is 4.90 Å². The molecule has 7 heteroatoms. The molecule has 0 unspecified atom stereocenters. The van der Waals surface area contributed by atoms with Gasteiger partial charge in [-0.25, -0.2) is 9.97 Å². The van der Waals surface area contributed by atoms with Crippen LogP contribution in [0.1, 0.15) is 12.0 Å². The normalized spacial score (nSPS) is 13.7. The molecule has 3 aromatic carbocycles. The summed E-state index contributed by atoms with van der Waals surface area (Å²) in [5.74, 6) is 1.65. The number of hydrogen-bond acceptors (Lipinski definition) is 5. The predicted octanol–water partition coefficient (Wildman–Crippen LogP) is 5.31. The minimum Gasteiger partial charge on any atom is -0.378 e. The van der Waals surface area contributed by atoms with E-state index in [1.165, 1.54) is 0 Å². The van der Waals surface area contributed by atoms with Crippen molar-refractivity contribution in [2.24, 2.45) is 0 Å². The van der Waals surface area contributed by atoms with Crippen LogP contribution >= 0.6 is 15.9 Å². The fourth-order valence-corrected chi connectivity index (χ4v) is 4.72. The molecule has 4 aromatic rings. The number of para-hydroxylation sites is 1. The molecule has 1 amide bonds.